The Kier molecular flexibility index (Phi) is 4.33. The Morgan fingerprint density at radius 2 is 2.33 bits per heavy atom. The minimum absolute atomic E-state index is 0.0805. The van der Waals surface area contributed by atoms with Crippen molar-refractivity contribution in [1.29, 1.82) is 0 Å². The molecule has 98 valence electrons. The minimum Gasteiger partial charge on any atom is -0.366 e. The first-order valence-electron chi connectivity index (χ1n) is 6.40. The van der Waals surface area contributed by atoms with E-state index in [9.17, 15) is 4.79 Å². The summed E-state index contributed by atoms with van der Waals surface area (Å²) in [5, 5.41) is 6.05. The standard InChI is InChI=1S/C14H20N2O2/c1-10(2)11-4-3-5-12(8-11)16-14(17)13-9-15-6-7-18-13/h3-5,8,10,13,15H,6-7,9H2,1-2H3,(H,16,17). The van der Waals surface area contributed by atoms with Gasteiger partial charge < -0.3 is 15.4 Å². The molecule has 0 aliphatic carbocycles. The predicted molar refractivity (Wildman–Crippen MR) is 71.8 cm³/mol. The summed E-state index contributed by atoms with van der Waals surface area (Å²) in [6.07, 6.45) is -0.388. The lowest BCUT2D eigenvalue weighted by atomic mass is 10.0. The van der Waals surface area contributed by atoms with Gasteiger partial charge in [0.05, 0.1) is 6.61 Å². The van der Waals surface area contributed by atoms with Gasteiger partial charge in [-0.3, -0.25) is 4.79 Å². The van der Waals surface area contributed by atoms with Crippen LogP contribution in [-0.4, -0.2) is 31.7 Å². The van der Waals surface area contributed by atoms with Crippen molar-refractivity contribution >= 4 is 11.6 Å². The third-order valence-corrected chi connectivity index (χ3v) is 3.04. The topological polar surface area (TPSA) is 50.4 Å². The number of morpholine rings is 1. The maximum atomic E-state index is 12.0. The number of nitrogens with one attached hydrogen (secondary N) is 2. The van der Waals surface area contributed by atoms with Crippen LogP contribution in [0.15, 0.2) is 24.3 Å². The molecule has 0 aromatic heterocycles. The molecule has 0 saturated carbocycles. The van der Waals surface area contributed by atoms with Crippen molar-refractivity contribution < 1.29 is 9.53 Å². The third-order valence-electron chi connectivity index (χ3n) is 3.04. The van der Waals surface area contributed by atoms with Crippen LogP contribution in [-0.2, 0) is 9.53 Å². The molecule has 2 N–H and O–H groups in total. The van der Waals surface area contributed by atoms with E-state index in [0.717, 1.165) is 12.2 Å². The summed E-state index contributed by atoms with van der Waals surface area (Å²) in [5.74, 6) is 0.373. The number of anilines is 1. The van der Waals surface area contributed by atoms with Gasteiger partial charge >= 0.3 is 0 Å². The van der Waals surface area contributed by atoms with Crippen LogP contribution < -0.4 is 10.6 Å². The lowest BCUT2D eigenvalue weighted by Crippen LogP contribution is -2.45. The van der Waals surface area contributed by atoms with Gasteiger partial charge in [0.1, 0.15) is 6.10 Å². The van der Waals surface area contributed by atoms with E-state index in [1.54, 1.807) is 0 Å². The van der Waals surface area contributed by atoms with E-state index < -0.39 is 0 Å². The van der Waals surface area contributed by atoms with Crippen LogP contribution in [0.4, 0.5) is 5.69 Å². The quantitative estimate of drug-likeness (QED) is 0.856. The second kappa shape index (κ2) is 5.98. The van der Waals surface area contributed by atoms with Gasteiger partial charge in [-0.1, -0.05) is 26.0 Å². The second-order valence-corrected chi connectivity index (χ2v) is 4.83. The van der Waals surface area contributed by atoms with E-state index in [4.69, 9.17) is 4.74 Å². The summed E-state index contributed by atoms with van der Waals surface area (Å²) < 4.78 is 5.42. The summed E-state index contributed by atoms with van der Waals surface area (Å²) in [4.78, 5) is 12.0. The fourth-order valence-electron chi connectivity index (χ4n) is 1.93. The lowest BCUT2D eigenvalue weighted by molar-refractivity contribution is -0.128. The first-order valence-corrected chi connectivity index (χ1v) is 6.40. The van der Waals surface area contributed by atoms with E-state index in [2.05, 4.69) is 30.5 Å². The monoisotopic (exact) mass is 248 g/mol. The van der Waals surface area contributed by atoms with Gasteiger partial charge in [0.15, 0.2) is 0 Å². The fourth-order valence-corrected chi connectivity index (χ4v) is 1.93. The molecule has 18 heavy (non-hydrogen) atoms. The van der Waals surface area contributed by atoms with Gasteiger partial charge in [-0.25, -0.2) is 0 Å². The summed E-state index contributed by atoms with van der Waals surface area (Å²) >= 11 is 0. The number of amides is 1. The molecule has 4 nitrogen and oxygen atoms in total. The lowest BCUT2D eigenvalue weighted by Gasteiger charge is -2.22. The predicted octanol–water partition coefficient (Wildman–Crippen LogP) is 1.74. The molecule has 1 aromatic carbocycles. The van der Waals surface area contributed by atoms with Crippen molar-refractivity contribution in [3.63, 3.8) is 0 Å². The normalized spacial score (nSPS) is 19.8. The van der Waals surface area contributed by atoms with Crippen molar-refractivity contribution in [2.45, 2.75) is 25.9 Å². The van der Waals surface area contributed by atoms with Gasteiger partial charge in [0, 0.05) is 18.8 Å². The molecule has 1 aliphatic rings. The Bertz CT molecular complexity index is 412. The fraction of sp³-hybridized carbons (Fsp3) is 0.500. The molecular weight excluding hydrogens is 228 g/mol. The Labute approximate surface area is 108 Å². The van der Waals surface area contributed by atoms with Crippen LogP contribution in [0.25, 0.3) is 0 Å². The molecule has 0 spiro atoms. The summed E-state index contributed by atoms with van der Waals surface area (Å²) in [6.45, 7) is 6.25. The van der Waals surface area contributed by atoms with Crippen molar-refractivity contribution in [2.75, 3.05) is 25.0 Å². The average Bonchev–Trinajstić information content (AvgIpc) is 2.40. The van der Waals surface area contributed by atoms with Crippen molar-refractivity contribution in [3.05, 3.63) is 29.8 Å². The van der Waals surface area contributed by atoms with Crippen LogP contribution in [0.2, 0.25) is 0 Å². The summed E-state index contributed by atoms with van der Waals surface area (Å²) in [5.41, 5.74) is 2.05. The van der Waals surface area contributed by atoms with Gasteiger partial charge in [-0.15, -0.1) is 0 Å². The van der Waals surface area contributed by atoms with E-state index in [-0.39, 0.29) is 12.0 Å². The average molecular weight is 248 g/mol. The van der Waals surface area contributed by atoms with Crippen LogP contribution in [0.3, 0.4) is 0 Å². The number of hydrogen-bond acceptors (Lipinski definition) is 3. The zero-order chi connectivity index (χ0) is 13.0. The van der Waals surface area contributed by atoms with Gasteiger partial charge in [0.2, 0.25) is 0 Å². The van der Waals surface area contributed by atoms with Crippen molar-refractivity contribution in [2.24, 2.45) is 0 Å². The molecule has 2 rings (SSSR count). The number of carbonyl (C=O) groups excluding carboxylic acids is 1. The highest BCUT2D eigenvalue weighted by molar-refractivity contribution is 5.94. The molecule has 1 heterocycles. The molecule has 1 unspecified atom stereocenters. The molecule has 1 atom stereocenters. The number of benzene rings is 1. The van der Waals surface area contributed by atoms with E-state index in [1.165, 1.54) is 5.56 Å². The first kappa shape index (κ1) is 13.1. The van der Waals surface area contributed by atoms with Gasteiger partial charge in [0.25, 0.3) is 5.91 Å². The van der Waals surface area contributed by atoms with Crippen molar-refractivity contribution in [1.82, 2.24) is 5.32 Å². The maximum Gasteiger partial charge on any atom is 0.254 e. The van der Waals surface area contributed by atoms with Crippen molar-refractivity contribution in [3.8, 4) is 0 Å². The zero-order valence-electron chi connectivity index (χ0n) is 10.9. The van der Waals surface area contributed by atoms with E-state index in [0.29, 0.717) is 19.1 Å². The number of rotatable bonds is 3. The highest BCUT2D eigenvalue weighted by atomic mass is 16.5. The molecule has 4 heteroatoms. The largest absolute Gasteiger partial charge is 0.366 e. The Hall–Kier alpha value is -1.39. The minimum atomic E-state index is -0.388. The first-order chi connectivity index (χ1) is 8.66. The molecule has 1 aromatic rings. The zero-order valence-corrected chi connectivity index (χ0v) is 10.9. The number of hydrogen-bond donors (Lipinski definition) is 2. The summed E-state index contributed by atoms with van der Waals surface area (Å²) in [7, 11) is 0. The Balaban J connectivity index is 1.99. The van der Waals surface area contributed by atoms with E-state index in [1.807, 2.05) is 18.2 Å². The van der Waals surface area contributed by atoms with Crippen LogP contribution in [0.5, 0.6) is 0 Å². The SMILES string of the molecule is CC(C)c1cccc(NC(=O)C2CNCCO2)c1. The highest BCUT2D eigenvalue weighted by Gasteiger charge is 2.21. The number of ether oxygens (including phenoxy) is 1. The smallest absolute Gasteiger partial charge is 0.254 e. The molecule has 0 bridgehead atoms. The Morgan fingerprint density at radius 1 is 1.50 bits per heavy atom. The molecule has 1 fully saturated rings. The molecule has 1 saturated heterocycles. The van der Waals surface area contributed by atoms with Crippen LogP contribution in [0.1, 0.15) is 25.3 Å². The second-order valence-electron chi connectivity index (χ2n) is 4.83. The molecular formula is C14H20N2O2. The van der Waals surface area contributed by atoms with Gasteiger partial charge in [-0.2, -0.15) is 0 Å². The van der Waals surface area contributed by atoms with Gasteiger partial charge in [-0.05, 0) is 23.6 Å². The van der Waals surface area contributed by atoms with E-state index >= 15 is 0 Å². The molecule has 0 radical (unpaired) electrons. The molecule has 1 aliphatic heterocycles. The van der Waals surface area contributed by atoms with Crippen LogP contribution in [0, 0.1) is 0 Å². The third kappa shape index (κ3) is 3.31. The maximum absolute atomic E-state index is 12.0. The number of carbonyl (C=O) groups is 1. The molecule has 1 amide bonds. The highest BCUT2D eigenvalue weighted by Crippen LogP contribution is 2.18. The summed E-state index contributed by atoms with van der Waals surface area (Å²) in [6, 6.07) is 7.95. The Morgan fingerprint density at radius 3 is 3.00 bits per heavy atom. The van der Waals surface area contributed by atoms with Crippen LogP contribution >= 0.6 is 0 Å².